The highest BCUT2D eigenvalue weighted by molar-refractivity contribution is 5.85. The summed E-state index contributed by atoms with van der Waals surface area (Å²) in [5.74, 6) is 0.579. The van der Waals surface area contributed by atoms with Crippen LogP contribution in [0.2, 0.25) is 0 Å². The molecule has 2 bridgehead atoms. The predicted molar refractivity (Wildman–Crippen MR) is 59.9 cm³/mol. The molecule has 0 aromatic carbocycles. The number of fused-ring (bicyclic) bond motifs is 3. The van der Waals surface area contributed by atoms with Crippen molar-refractivity contribution in [3.8, 4) is 0 Å². The summed E-state index contributed by atoms with van der Waals surface area (Å²) in [5.41, 5.74) is 0. The Morgan fingerprint density at radius 2 is 1.86 bits per heavy atom. The summed E-state index contributed by atoms with van der Waals surface area (Å²) in [6, 6.07) is 0.391. The summed E-state index contributed by atoms with van der Waals surface area (Å²) in [6.45, 7) is 3.39. The maximum Gasteiger partial charge on any atom is 0.0736 e. The molecule has 3 nitrogen and oxygen atoms in total. The lowest BCUT2D eigenvalue weighted by molar-refractivity contribution is -0.0782. The molecule has 14 heavy (non-hydrogen) atoms. The smallest absolute Gasteiger partial charge is 0.0736 e. The molecule has 3 rings (SSSR count). The molecule has 3 saturated heterocycles. The Bertz CT molecular complexity index is 179. The third kappa shape index (κ3) is 2.22. The van der Waals surface area contributed by atoms with Gasteiger partial charge in [0.05, 0.1) is 6.10 Å². The van der Waals surface area contributed by atoms with E-state index in [1.165, 1.54) is 25.9 Å². The van der Waals surface area contributed by atoms with Gasteiger partial charge in [-0.2, -0.15) is 0 Å². The molecule has 3 aliphatic rings. The zero-order valence-corrected chi connectivity index (χ0v) is 9.83. The first kappa shape index (κ1) is 12.2. The third-order valence-electron chi connectivity index (χ3n) is 3.47. The largest absolute Gasteiger partial charge is 0.391 e. The lowest BCUT2D eigenvalue weighted by Gasteiger charge is -2.49. The Hall–Kier alpha value is 0.170. The number of halogens is 1. The van der Waals surface area contributed by atoms with Gasteiger partial charge in [0.2, 0.25) is 0 Å². The van der Waals surface area contributed by atoms with Gasteiger partial charge in [0, 0.05) is 12.6 Å². The molecular weight excluding hydrogens is 200 g/mol. The lowest BCUT2D eigenvalue weighted by atomic mass is 9.80. The molecule has 4 heteroatoms. The van der Waals surface area contributed by atoms with Gasteiger partial charge < -0.3 is 10.0 Å². The second kappa shape index (κ2) is 4.79. The number of piperidine rings is 3. The fraction of sp³-hybridized carbons (Fsp3) is 1.00. The second-order valence-electron chi connectivity index (χ2n) is 4.69. The minimum Gasteiger partial charge on any atom is -0.391 e. The van der Waals surface area contributed by atoms with E-state index in [1.54, 1.807) is 0 Å². The minimum atomic E-state index is -0.0788. The number of nitrogens with zero attached hydrogens (tertiary/aromatic N) is 2. The molecule has 0 radical (unpaired) electrons. The van der Waals surface area contributed by atoms with E-state index in [4.69, 9.17) is 0 Å². The van der Waals surface area contributed by atoms with Gasteiger partial charge in [0.15, 0.2) is 0 Å². The molecule has 0 aliphatic carbocycles. The first-order valence-corrected chi connectivity index (χ1v) is 5.25. The van der Waals surface area contributed by atoms with Crippen LogP contribution in [0.25, 0.3) is 0 Å². The zero-order chi connectivity index (χ0) is 9.42. The van der Waals surface area contributed by atoms with Crippen molar-refractivity contribution in [1.29, 1.82) is 0 Å². The predicted octanol–water partition coefficient (Wildman–Crippen LogP) is 0.425. The fourth-order valence-electron chi connectivity index (χ4n) is 2.72. The lowest BCUT2D eigenvalue weighted by Crippen LogP contribution is -2.60. The Labute approximate surface area is 92.5 Å². The van der Waals surface area contributed by atoms with Gasteiger partial charge in [-0.25, -0.2) is 0 Å². The van der Waals surface area contributed by atoms with E-state index >= 15 is 0 Å². The van der Waals surface area contributed by atoms with Crippen LogP contribution in [0.15, 0.2) is 0 Å². The van der Waals surface area contributed by atoms with Crippen molar-refractivity contribution < 1.29 is 5.11 Å². The summed E-state index contributed by atoms with van der Waals surface area (Å²) in [5, 5.41) is 10.0. The van der Waals surface area contributed by atoms with Crippen molar-refractivity contribution in [2.75, 3.05) is 33.7 Å². The Morgan fingerprint density at radius 1 is 1.29 bits per heavy atom. The second-order valence-corrected chi connectivity index (χ2v) is 4.69. The van der Waals surface area contributed by atoms with Crippen LogP contribution in [-0.4, -0.2) is 60.8 Å². The monoisotopic (exact) mass is 220 g/mol. The van der Waals surface area contributed by atoms with Crippen LogP contribution in [0.4, 0.5) is 0 Å². The Morgan fingerprint density at radius 3 is 2.29 bits per heavy atom. The average Bonchev–Trinajstić information content (AvgIpc) is 2.11. The molecule has 3 aliphatic heterocycles. The summed E-state index contributed by atoms with van der Waals surface area (Å²) in [4.78, 5) is 4.62. The van der Waals surface area contributed by atoms with Crippen LogP contribution in [-0.2, 0) is 0 Å². The van der Waals surface area contributed by atoms with Crippen LogP contribution in [0.3, 0.4) is 0 Å². The molecule has 3 heterocycles. The fourth-order valence-corrected chi connectivity index (χ4v) is 2.72. The van der Waals surface area contributed by atoms with Gasteiger partial charge in [-0.15, -0.1) is 12.4 Å². The normalized spacial score (nSPS) is 41.1. The molecule has 0 aromatic heterocycles. The highest BCUT2D eigenvalue weighted by Crippen LogP contribution is 2.32. The van der Waals surface area contributed by atoms with Crippen LogP contribution in [0.1, 0.15) is 12.8 Å². The van der Waals surface area contributed by atoms with Gasteiger partial charge in [0.1, 0.15) is 0 Å². The van der Waals surface area contributed by atoms with Crippen molar-refractivity contribution in [3.05, 3.63) is 0 Å². The molecule has 3 fully saturated rings. The quantitative estimate of drug-likeness (QED) is 0.731. The maximum absolute atomic E-state index is 10.0. The van der Waals surface area contributed by atoms with Gasteiger partial charge in [-0.3, -0.25) is 4.90 Å². The minimum absolute atomic E-state index is 0. The van der Waals surface area contributed by atoms with Crippen LogP contribution in [0, 0.1) is 5.92 Å². The van der Waals surface area contributed by atoms with Gasteiger partial charge >= 0.3 is 0 Å². The van der Waals surface area contributed by atoms with E-state index in [2.05, 4.69) is 23.9 Å². The first-order valence-electron chi connectivity index (χ1n) is 5.25. The first-order chi connectivity index (χ1) is 6.18. The topological polar surface area (TPSA) is 26.7 Å². The van der Waals surface area contributed by atoms with Crippen LogP contribution >= 0.6 is 12.4 Å². The number of aliphatic hydroxyl groups excluding tert-OH is 1. The molecule has 2 unspecified atom stereocenters. The van der Waals surface area contributed by atoms with E-state index in [-0.39, 0.29) is 18.5 Å². The molecule has 0 spiro atoms. The molecule has 1 N–H and O–H groups in total. The van der Waals surface area contributed by atoms with E-state index in [0.717, 1.165) is 6.54 Å². The summed E-state index contributed by atoms with van der Waals surface area (Å²) in [7, 11) is 4.16. The summed E-state index contributed by atoms with van der Waals surface area (Å²) >= 11 is 0. The Balaban J connectivity index is 0.000000980. The maximum atomic E-state index is 10.0. The SMILES string of the molecule is CN(C)CC1C(O)C2CCN1CC2.Cl. The zero-order valence-electron chi connectivity index (χ0n) is 9.02. The number of rotatable bonds is 2. The van der Waals surface area contributed by atoms with E-state index in [1.807, 2.05) is 0 Å². The summed E-state index contributed by atoms with van der Waals surface area (Å²) in [6.07, 6.45) is 2.32. The van der Waals surface area contributed by atoms with E-state index in [0.29, 0.717) is 12.0 Å². The molecular formula is C10H21ClN2O. The summed E-state index contributed by atoms with van der Waals surface area (Å²) < 4.78 is 0. The Kier molecular flexibility index (Phi) is 4.19. The van der Waals surface area contributed by atoms with Crippen molar-refractivity contribution in [1.82, 2.24) is 9.80 Å². The van der Waals surface area contributed by atoms with Gasteiger partial charge in [0.25, 0.3) is 0 Å². The molecule has 0 aromatic rings. The molecule has 84 valence electrons. The van der Waals surface area contributed by atoms with Gasteiger partial charge in [-0.05, 0) is 45.9 Å². The highest BCUT2D eigenvalue weighted by Gasteiger charge is 2.40. The van der Waals surface area contributed by atoms with E-state index in [9.17, 15) is 5.11 Å². The average molecular weight is 221 g/mol. The molecule has 0 amide bonds. The highest BCUT2D eigenvalue weighted by atomic mass is 35.5. The van der Waals surface area contributed by atoms with Crippen LogP contribution < -0.4 is 0 Å². The number of likely N-dealkylation sites (N-methyl/N-ethyl adjacent to an activating group) is 1. The third-order valence-corrected chi connectivity index (χ3v) is 3.47. The number of hydrogen-bond donors (Lipinski definition) is 1. The molecule has 0 saturated carbocycles. The van der Waals surface area contributed by atoms with Crippen LogP contribution in [0.5, 0.6) is 0 Å². The standard InChI is InChI=1S/C10H20N2O.ClH/c1-11(2)7-9-10(13)8-3-5-12(9)6-4-8;/h8-10,13H,3-7H2,1-2H3;1H. The van der Waals surface area contributed by atoms with Gasteiger partial charge in [-0.1, -0.05) is 0 Å². The van der Waals surface area contributed by atoms with Crippen molar-refractivity contribution >= 4 is 12.4 Å². The molecule has 2 atom stereocenters. The number of aliphatic hydroxyl groups is 1. The van der Waals surface area contributed by atoms with Crippen molar-refractivity contribution in [2.45, 2.75) is 25.0 Å². The van der Waals surface area contributed by atoms with Crippen molar-refractivity contribution in [3.63, 3.8) is 0 Å². The number of hydrogen-bond acceptors (Lipinski definition) is 3. The van der Waals surface area contributed by atoms with Crippen molar-refractivity contribution in [2.24, 2.45) is 5.92 Å². The van der Waals surface area contributed by atoms with E-state index < -0.39 is 0 Å².